The van der Waals surface area contributed by atoms with Gasteiger partial charge in [-0.1, -0.05) is 25.5 Å². The van der Waals surface area contributed by atoms with Crippen LogP contribution >= 0.6 is 0 Å². The van der Waals surface area contributed by atoms with Crippen molar-refractivity contribution in [3.8, 4) is 0 Å². The molecule has 0 amide bonds. The molecule has 0 aromatic heterocycles. The van der Waals surface area contributed by atoms with Crippen LogP contribution in [0.15, 0.2) is 23.5 Å². The first kappa shape index (κ1) is 15.7. The Morgan fingerprint density at radius 2 is 1.87 bits per heavy atom. The van der Waals surface area contributed by atoms with Crippen LogP contribution in [0.3, 0.4) is 0 Å². The first-order chi connectivity index (χ1) is 11.0. The van der Waals surface area contributed by atoms with Gasteiger partial charge < -0.3 is 9.84 Å². The third-order valence-corrected chi connectivity index (χ3v) is 8.19. The summed E-state index contributed by atoms with van der Waals surface area (Å²) in [4.78, 5) is 0. The van der Waals surface area contributed by atoms with Crippen molar-refractivity contribution in [1.29, 1.82) is 0 Å². The summed E-state index contributed by atoms with van der Waals surface area (Å²) in [5.41, 5.74) is 3.86. The molecule has 0 aromatic carbocycles. The minimum Gasteiger partial charge on any atom is -0.504 e. The van der Waals surface area contributed by atoms with Gasteiger partial charge in [0.2, 0.25) is 0 Å². The van der Waals surface area contributed by atoms with Crippen LogP contribution < -0.4 is 0 Å². The van der Waals surface area contributed by atoms with E-state index in [2.05, 4.69) is 19.9 Å². The molecule has 1 N–H and O–H groups in total. The van der Waals surface area contributed by atoms with Gasteiger partial charge in [0.15, 0.2) is 0 Å². The molecule has 4 aliphatic carbocycles. The molecule has 128 valence electrons. The van der Waals surface area contributed by atoms with Gasteiger partial charge in [-0.15, -0.1) is 0 Å². The summed E-state index contributed by atoms with van der Waals surface area (Å²) in [7, 11) is 1.79. The van der Waals surface area contributed by atoms with Crippen molar-refractivity contribution >= 4 is 0 Å². The SMILES string of the molecule is CO/C=C1\CCC2C3CC=C4CC(O)CCC4(C)C3CCC12C. The largest absolute Gasteiger partial charge is 0.504 e. The first-order valence-corrected chi connectivity index (χ1v) is 9.59. The number of hydrogen-bond acceptors (Lipinski definition) is 2. The zero-order valence-corrected chi connectivity index (χ0v) is 15.0. The van der Waals surface area contributed by atoms with Crippen LogP contribution in [0, 0.1) is 28.6 Å². The summed E-state index contributed by atoms with van der Waals surface area (Å²) in [6, 6.07) is 0. The Morgan fingerprint density at radius 3 is 2.65 bits per heavy atom. The maximum Gasteiger partial charge on any atom is 0.0822 e. The van der Waals surface area contributed by atoms with E-state index in [9.17, 15) is 5.11 Å². The summed E-state index contributed by atoms with van der Waals surface area (Å²) in [6.45, 7) is 5.00. The quantitative estimate of drug-likeness (QED) is 0.554. The van der Waals surface area contributed by atoms with E-state index >= 15 is 0 Å². The van der Waals surface area contributed by atoms with Gasteiger partial charge in [0.25, 0.3) is 0 Å². The van der Waals surface area contributed by atoms with Gasteiger partial charge >= 0.3 is 0 Å². The Hall–Kier alpha value is -0.760. The van der Waals surface area contributed by atoms with Crippen LogP contribution in [0.1, 0.15) is 65.2 Å². The number of hydrogen-bond donors (Lipinski definition) is 1. The zero-order valence-electron chi connectivity index (χ0n) is 15.0. The summed E-state index contributed by atoms with van der Waals surface area (Å²) in [5.74, 6) is 2.49. The Morgan fingerprint density at radius 1 is 1.13 bits per heavy atom. The van der Waals surface area contributed by atoms with Crippen LogP contribution in [-0.2, 0) is 4.74 Å². The Kier molecular flexibility index (Phi) is 3.68. The molecule has 3 fully saturated rings. The highest BCUT2D eigenvalue weighted by molar-refractivity contribution is 5.28. The van der Waals surface area contributed by atoms with E-state index in [0.29, 0.717) is 10.8 Å². The van der Waals surface area contributed by atoms with Crippen LogP contribution in [0.2, 0.25) is 0 Å². The van der Waals surface area contributed by atoms with Crippen LogP contribution in [-0.4, -0.2) is 18.3 Å². The molecule has 0 aliphatic heterocycles. The molecule has 0 heterocycles. The minimum absolute atomic E-state index is 0.0950. The topological polar surface area (TPSA) is 29.5 Å². The monoisotopic (exact) mass is 316 g/mol. The Labute approximate surface area is 141 Å². The molecule has 2 nitrogen and oxygen atoms in total. The average Bonchev–Trinajstić information content (AvgIpc) is 2.85. The average molecular weight is 316 g/mol. The van der Waals surface area contributed by atoms with E-state index in [1.807, 2.05) is 6.26 Å². The van der Waals surface area contributed by atoms with E-state index in [1.54, 1.807) is 18.3 Å². The number of ether oxygens (including phenoxy) is 1. The van der Waals surface area contributed by atoms with Crippen LogP contribution in [0.4, 0.5) is 0 Å². The highest BCUT2D eigenvalue weighted by Crippen LogP contribution is 2.66. The summed E-state index contributed by atoms with van der Waals surface area (Å²) in [5, 5.41) is 10.1. The maximum absolute atomic E-state index is 10.1. The summed E-state index contributed by atoms with van der Waals surface area (Å²) < 4.78 is 5.39. The molecule has 23 heavy (non-hydrogen) atoms. The third kappa shape index (κ3) is 2.17. The maximum atomic E-state index is 10.1. The molecule has 4 rings (SSSR count). The van der Waals surface area contributed by atoms with Crippen molar-refractivity contribution in [2.75, 3.05) is 7.11 Å². The van der Waals surface area contributed by atoms with Crippen molar-refractivity contribution < 1.29 is 9.84 Å². The van der Waals surface area contributed by atoms with E-state index in [4.69, 9.17) is 4.74 Å². The highest BCUT2D eigenvalue weighted by Gasteiger charge is 2.57. The zero-order chi connectivity index (χ0) is 16.2. The van der Waals surface area contributed by atoms with E-state index < -0.39 is 0 Å². The molecule has 0 saturated heterocycles. The van der Waals surface area contributed by atoms with Crippen molar-refractivity contribution in [2.24, 2.45) is 28.6 Å². The Balaban J connectivity index is 1.66. The number of methoxy groups -OCH3 is 1. The van der Waals surface area contributed by atoms with Gasteiger partial charge in [-0.05, 0) is 85.5 Å². The smallest absolute Gasteiger partial charge is 0.0822 e. The van der Waals surface area contributed by atoms with E-state index in [0.717, 1.165) is 30.6 Å². The second kappa shape index (κ2) is 5.37. The fourth-order valence-electron chi connectivity index (χ4n) is 6.83. The molecule has 3 saturated carbocycles. The third-order valence-electron chi connectivity index (χ3n) is 8.19. The lowest BCUT2D eigenvalue weighted by atomic mass is 9.48. The second-order valence-electron chi connectivity index (χ2n) is 9.03. The second-order valence-corrected chi connectivity index (χ2v) is 9.03. The number of aliphatic hydroxyl groups is 1. The van der Waals surface area contributed by atoms with Crippen molar-refractivity contribution in [3.05, 3.63) is 23.5 Å². The van der Waals surface area contributed by atoms with Gasteiger partial charge in [-0.2, -0.15) is 0 Å². The van der Waals surface area contributed by atoms with Crippen molar-refractivity contribution in [1.82, 2.24) is 0 Å². The first-order valence-electron chi connectivity index (χ1n) is 9.59. The lowest BCUT2D eigenvalue weighted by Gasteiger charge is -2.57. The molecular formula is C21H32O2. The predicted octanol–water partition coefficient (Wildman–Crippen LogP) is 4.84. The van der Waals surface area contributed by atoms with Gasteiger partial charge in [-0.25, -0.2) is 0 Å². The predicted molar refractivity (Wildman–Crippen MR) is 92.8 cm³/mol. The van der Waals surface area contributed by atoms with Gasteiger partial charge in [0, 0.05) is 0 Å². The van der Waals surface area contributed by atoms with E-state index in [-0.39, 0.29) is 6.10 Å². The minimum atomic E-state index is -0.0950. The molecule has 6 atom stereocenters. The number of allylic oxidation sites excluding steroid dienone is 2. The Bertz CT molecular complexity index is 548. The van der Waals surface area contributed by atoms with Crippen molar-refractivity contribution in [3.63, 3.8) is 0 Å². The van der Waals surface area contributed by atoms with Crippen LogP contribution in [0.25, 0.3) is 0 Å². The number of rotatable bonds is 1. The molecule has 4 aliphatic rings. The fourth-order valence-corrected chi connectivity index (χ4v) is 6.83. The standard InChI is InChI=1S/C21H32O2/c1-20-10-8-16(22)12-14(20)4-6-17-18-7-5-15(13-23-3)21(18,2)11-9-19(17)20/h4,13,16-19,22H,5-12H2,1-3H3/b15-13+. The summed E-state index contributed by atoms with van der Waals surface area (Å²) in [6.07, 6.45) is 14.1. The summed E-state index contributed by atoms with van der Waals surface area (Å²) >= 11 is 0. The molecular weight excluding hydrogens is 284 g/mol. The number of fused-ring (bicyclic) bond motifs is 5. The molecule has 2 heteroatoms. The van der Waals surface area contributed by atoms with Gasteiger partial charge in [0.05, 0.1) is 19.5 Å². The van der Waals surface area contributed by atoms with Crippen molar-refractivity contribution in [2.45, 2.75) is 71.3 Å². The lowest BCUT2D eigenvalue weighted by molar-refractivity contribution is -0.0273. The molecule has 0 bridgehead atoms. The highest BCUT2D eigenvalue weighted by atomic mass is 16.5. The lowest BCUT2D eigenvalue weighted by Crippen LogP contribution is -2.49. The van der Waals surface area contributed by atoms with Gasteiger partial charge in [-0.3, -0.25) is 0 Å². The molecule has 0 radical (unpaired) electrons. The normalized spacial score (nSPS) is 50.8. The molecule has 0 aromatic rings. The van der Waals surface area contributed by atoms with E-state index in [1.165, 1.54) is 38.5 Å². The molecule has 6 unspecified atom stereocenters. The van der Waals surface area contributed by atoms with Gasteiger partial charge in [0.1, 0.15) is 0 Å². The fraction of sp³-hybridized carbons (Fsp3) is 0.810. The van der Waals surface area contributed by atoms with Crippen LogP contribution in [0.5, 0.6) is 0 Å². The molecule has 0 spiro atoms. The number of aliphatic hydroxyl groups excluding tert-OH is 1.